The molecular weight excluding hydrogens is 486 g/mol. The minimum absolute atomic E-state index is 0.154. The summed E-state index contributed by atoms with van der Waals surface area (Å²) in [5, 5.41) is 3.22. The monoisotopic (exact) mass is 529 g/mol. The van der Waals surface area contributed by atoms with Gasteiger partial charge in [-0.3, -0.25) is 0 Å². The highest BCUT2D eigenvalue weighted by Gasteiger charge is 2.48. The van der Waals surface area contributed by atoms with Gasteiger partial charge in [0.25, 0.3) is 0 Å². The molecule has 1 aromatic rings. The molecule has 200 valence electrons. The number of carbonyl (C=O) groups is 1. The second kappa shape index (κ2) is 19.5. The van der Waals surface area contributed by atoms with Gasteiger partial charge in [0.1, 0.15) is 0 Å². The lowest BCUT2D eigenvalue weighted by atomic mass is 10.1. The Bertz CT molecular complexity index is 683. The summed E-state index contributed by atoms with van der Waals surface area (Å²) in [4.78, 5) is 11.3. The Kier molecular flexibility index (Phi) is 18.6. The van der Waals surface area contributed by atoms with Crippen molar-refractivity contribution in [2.45, 2.75) is 24.4 Å². The molecule has 1 unspecified atom stereocenters. The molecule has 0 spiro atoms. The van der Waals surface area contributed by atoms with Crippen LogP contribution >= 0.6 is 0 Å². The number of hydrogen-bond donors (Lipinski definition) is 1. The highest BCUT2D eigenvalue weighted by molar-refractivity contribution is 6.62. The van der Waals surface area contributed by atoms with Gasteiger partial charge < -0.3 is 36.6 Å². The summed E-state index contributed by atoms with van der Waals surface area (Å²) in [5.41, 5.74) is 0.906. The first kappa shape index (κ1) is 33.3. The summed E-state index contributed by atoms with van der Waals surface area (Å²) >= 11 is 0. The van der Waals surface area contributed by atoms with Gasteiger partial charge in [0.05, 0.1) is 12.1 Å². The summed E-state index contributed by atoms with van der Waals surface area (Å²) < 4.78 is 37.6. The number of hydrogen-bond acceptors (Lipinski definition) is 9. The molecule has 0 amide bonds. The van der Waals surface area contributed by atoms with Crippen LogP contribution in [0.25, 0.3) is 0 Å². The highest BCUT2D eigenvalue weighted by atomic mass is 28.4. The minimum Gasteiger partial charge on any atom is -0.462 e. The Morgan fingerprint density at radius 3 is 1.97 bits per heavy atom. The summed E-state index contributed by atoms with van der Waals surface area (Å²) in [5.74, 6) is -0.473. The van der Waals surface area contributed by atoms with Crippen molar-refractivity contribution >= 4 is 23.6 Å². The number of benzene rings is 1. The molecule has 0 aliphatic rings. The lowest BCUT2D eigenvalue weighted by molar-refractivity contribution is -0.138. The van der Waals surface area contributed by atoms with Crippen molar-refractivity contribution in [2.75, 3.05) is 62.4 Å². The van der Waals surface area contributed by atoms with Crippen molar-refractivity contribution in [3.8, 4) is 0 Å². The fourth-order valence-electron chi connectivity index (χ4n) is 3.37. The lowest BCUT2D eigenvalue weighted by Gasteiger charge is -2.32. The Hall–Kier alpha value is -1.68. The van der Waals surface area contributed by atoms with Crippen LogP contribution in [0.1, 0.15) is 12.0 Å². The quantitative estimate of drug-likeness (QED) is 0.101. The summed E-state index contributed by atoms with van der Waals surface area (Å²) in [6.07, 6.45) is 4.59. The second-order valence-electron chi connectivity index (χ2n) is 7.33. The molecule has 0 aliphatic carbocycles. The van der Waals surface area contributed by atoms with Crippen LogP contribution in [0.2, 0.25) is 11.6 Å². The van der Waals surface area contributed by atoms with Crippen LogP contribution in [-0.2, 0) is 42.5 Å². The molecular formula is C24H43NO8Si2. The summed E-state index contributed by atoms with van der Waals surface area (Å²) in [7, 11) is 4.29. The summed E-state index contributed by atoms with van der Waals surface area (Å²) in [6, 6.07) is 10.7. The molecule has 11 heteroatoms. The zero-order valence-electron chi connectivity index (χ0n) is 22.0. The SMILES string of the molecule is C=CC(=O)OCC(Cc1ccccc1)[Si](OC)(OC)OC.C=CCNCCC[Si](OC)(OC)OC. The maximum Gasteiger partial charge on any atom is 0.507 e. The van der Waals surface area contributed by atoms with E-state index in [2.05, 4.69) is 18.5 Å². The first-order chi connectivity index (χ1) is 16.9. The number of carbonyl (C=O) groups excluding carboxylic acids is 1. The van der Waals surface area contributed by atoms with Gasteiger partial charge in [-0.2, -0.15) is 0 Å². The minimum atomic E-state index is -2.92. The average molecular weight is 530 g/mol. The molecule has 0 fully saturated rings. The van der Waals surface area contributed by atoms with Crippen molar-refractivity contribution < 1.29 is 36.1 Å². The van der Waals surface area contributed by atoms with E-state index >= 15 is 0 Å². The molecule has 1 atom stereocenters. The fourth-order valence-corrected chi connectivity index (χ4v) is 7.36. The Morgan fingerprint density at radius 2 is 1.51 bits per heavy atom. The van der Waals surface area contributed by atoms with E-state index in [1.807, 2.05) is 36.4 Å². The maximum absolute atomic E-state index is 11.3. The largest absolute Gasteiger partial charge is 0.507 e. The van der Waals surface area contributed by atoms with Gasteiger partial charge in [-0.25, -0.2) is 4.79 Å². The van der Waals surface area contributed by atoms with Crippen LogP contribution < -0.4 is 5.32 Å². The van der Waals surface area contributed by atoms with Crippen LogP contribution in [0, 0.1) is 0 Å². The predicted molar refractivity (Wildman–Crippen MR) is 141 cm³/mol. The molecule has 35 heavy (non-hydrogen) atoms. The number of rotatable bonds is 18. The van der Waals surface area contributed by atoms with Crippen LogP contribution in [0.4, 0.5) is 0 Å². The van der Waals surface area contributed by atoms with Crippen molar-refractivity contribution in [3.05, 3.63) is 61.2 Å². The van der Waals surface area contributed by atoms with Gasteiger partial charge in [0.15, 0.2) is 0 Å². The molecule has 0 heterocycles. The van der Waals surface area contributed by atoms with Crippen LogP contribution in [0.5, 0.6) is 0 Å². The molecule has 0 aromatic heterocycles. The van der Waals surface area contributed by atoms with Gasteiger partial charge in [-0.1, -0.05) is 43.0 Å². The molecule has 0 saturated carbocycles. The van der Waals surface area contributed by atoms with Gasteiger partial charge >= 0.3 is 23.6 Å². The summed E-state index contributed by atoms with van der Waals surface area (Å²) in [6.45, 7) is 8.93. The van der Waals surface area contributed by atoms with E-state index in [1.165, 1.54) is 0 Å². The topological polar surface area (TPSA) is 93.7 Å². The zero-order valence-corrected chi connectivity index (χ0v) is 24.0. The molecule has 1 aromatic carbocycles. The van der Waals surface area contributed by atoms with E-state index in [4.69, 9.17) is 31.3 Å². The van der Waals surface area contributed by atoms with Crippen molar-refractivity contribution in [1.82, 2.24) is 5.32 Å². The van der Waals surface area contributed by atoms with E-state index in [-0.39, 0.29) is 12.1 Å². The van der Waals surface area contributed by atoms with Crippen molar-refractivity contribution in [2.24, 2.45) is 0 Å². The Morgan fingerprint density at radius 1 is 0.943 bits per heavy atom. The average Bonchev–Trinajstić information content (AvgIpc) is 2.91. The van der Waals surface area contributed by atoms with E-state index in [9.17, 15) is 4.79 Å². The number of esters is 1. The van der Waals surface area contributed by atoms with E-state index in [1.54, 1.807) is 42.7 Å². The lowest BCUT2D eigenvalue weighted by Crippen LogP contribution is -2.50. The van der Waals surface area contributed by atoms with Gasteiger partial charge in [0.2, 0.25) is 0 Å². The van der Waals surface area contributed by atoms with E-state index in [0.29, 0.717) is 6.42 Å². The third-order valence-electron chi connectivity index (χ3n) is 5.33. The number of ether oxygens (including phenoxy) is 1. The number of nitrogens with one attached hydrogen (secondary N) is 1. The van der Waals surface area contributed by atoms with Gasteiger partial charge in [-0.05, 0) is 24.9 Å². The standard InChI is InChI=1S/C15H22O5Si.C9H21NO3Si/c1-5-15(16)20-12-14(21(17-2,18-3)19-4)11-13-9-7-6-8-10-13;1-5-7-10-8-6-9-14(11-2,12-3)13-4/h5-10,14H,1,11-12H2,2-4H3;5,10H,1,6-9H2,2-4H3. The van der Waals surface area contributed by atoms with Crippen molar-refractivity contribution in [3.63, 3.8) is 0 Å². The van der Waals surface area contributed by atoms with Crippen LogP contribution in [0.3, 0.4) is 0 Å². The van der Waals surface area contributed by atoms with E-state index in [0.717, 1.165) is 37.2 Å². The fraction of sp³-hybridized carbons (Fsp3) is 0.542. The maximum atomic E-state index is 11.3. The highest BCUT2D eigenvalue weighted by Crippen LogP contribution is 2.28. The zero-order chi connectivity index (χ0) is 26.6. The first-order valence-corrected chi connectivity index (χ1v) is 15.0. The molecule has 0 bridgehead atoms. The smallest absolute Gasteiger partial charge is 0.462 e. The third kappa shape index (κ3) is 12.2. The molecule has 0 saturated heterocycles. The van der Waals surface area contributed by atoms with E-state index < -0.39 is 23.6 Å². The van der Waals surface area contributed by atoms with Crippen LogP contribution in [0.15, 0.2) is 55.6 Å². The molecule has 1 N–H and O–H groups in total. The van der Waals surface area contributed by atoms with Crippen molar-refractivity contribution in [1.29, 1.82) is 0 Å². The molecule has 1 rings (SSSR count). The third-order valence-corrected chi connectivity index (χ3v) is 11.2. The first-order valence-electron chi connectivity index (χ1n) is 11.3. The second-order valence-corrected chi connectivity index (χ2v) is 13.7. The van der Waals surface area contributed by atoms with Gasteiger partial charge in [0, 0.05) is 61.3 Å². The normalized spacial score (nSPS) is 12.3. The van der Waals surface area contributed by atoms with Gasteiger partial charge in [-0.15, -0.1) is 6.58 Å². The molecule has 0 aliphatic heterocycles. The molecule has 9 nitrogen and oxygen atoms in total. The van der Waals surface area contributed by atoms with Crippen LogP contribution in [-0.4, -0.2) is 85.9 Å². The predicted octanol–water partition coefficient (Wildman–Crippen LogP) is 3.24. The Balaban J connectivity index is 0.000000720. The molecule has 0 radical (unpaired) electrons. The Labute approximate surface area is 213 Å².